The molecule has 1 aliphatic heterocycles. The number of anilines is 1. The Hall–Kier alpha value is -3.90. The van der Waals surface area contributed by atoms with Crippen molar-refractivity contribution >= 4 is 16.9 Å². The molecule has 7 nitrogen and oxygen atoms in total. The number of allylic oxidation sites excluding steroid dienone is 1. The van der Waals surface area contributed by atoms with Crippen LogP contribution < -0.4 is 10.9 Å². The van der Waals surface area contributed by atoms with Crippen LogP contribution in [0.5, 0.6) is 0 Å². The molecule has 0 spiro atoms. The number of rotatable bonds is 14. The van der Waals surface area contributed by atoms with Crippen molar-refractivity contribution in [3.8, 4) is 6.07 Å². The maximum Gasteiger partial charge on any atom is 0.276 e. The molecule has 0 atom stereocenters. The second kappa shape index (κ2) is 13.2. The number of halogens is 2. The minimum Gasteiger partial charge on any atom is -0.365 e. The molecule has 3 heterocycles. The number of aryl methyl sites for hydroxylation is 1. The van der Waals surface area contributed by atoms with Gasteiger partial charge in [0.05, 0.1) is 16.9 Å². The lowest BCUT2D eigenvalue weighted by Crippen LogP contribution is -2.39. The summed E-state index contributed by atoms with van der Waals surface area (Å²) in [6.45, 7) is 10.3. The fourth-order valence-electron chi connectivity index (χ4n) is 6.15. The molecule has 1 aliphatic carbocycles. The van der Waals surface area contributed by atoms with Crippen LogP contribution in [-0.2, 0) is 24.4 Å². The molecule has 43 heavy (non-hydrogen) atoms. The largest absolute Gasteiger partial charge is 0.365 e. The van der Waals surface area contributed by atoms with Gasteiger partial charge in [-0.15, -0.1) is 13.2 Å². The number of pyridine rings is 1. The molecule has 2 aliphatic rings. The van der Waals surface area contributed by atoms with Crippen LogP contribution >= 0.6 is 0 Å². The molecule has 9 heteroatoms. The molecule has 0 radical (unpaired) electrons. The van der Waals surface area contributed by atoms with E-state index in [-0.39, 0.29) is 17.7 Å². The number of nitrogens with one attached hydrogen (secondary N) is 1. The fourth-order valence-corrected chi connectivity index (χ4v) is 6.15. The average molecular weight is 587 g/mol. The van der Waals surface area contributed by atoms with Crippen LogP contribution in [0.1, 0.15) is 68.1 Å². The van der Waals surface area contributed by atoms with Crippen molar-refractivity contribution in [2.24, 2.45) is 5.92 Å². The maximum atomic E-state index is 15.6. The first-order valence-electron chi connectivity index (χ1n) is 15.3. The van der Waals surface area contributed by atoms with Gasteiger partial charge < -0.3 is 5.32 Å². The molecular weight excluding hydrogens is 546 g/mol. The summed E-state index contributed by atoms with van der Waals surface area (Å²) < 4.78 is 32.9. The number of benzene rings is 1. The van der Waals surface area contributed by atoms with Crippen LogP contribution in [0.4, 0.5) is 14.6 Å². The second-order valence-electron chi connectivity index (χ2n) is 11.8. The van der Waals surface area contributed by atoms with Gasteiger partial charge in [0, 0.05) is 36.7 Å². The van der Waals surface area contributed by atoms with E-state index in [1.807, 2.05) is 18.2 Å². The number of hydrogen-bond donors (Lipinski definition) is 1. The Bertz CT molecular complexity index is 1560. The number of unbranched alkanes of at least 4 members (excludes halogenated alkanes) is 3. The summed E-state index contributed by atoms with van der Waals surface area (Å²) in [6.07, 6.45) is 11.0. The third-order valence-corrected chi connectivity index (χ3v) is 8.91. The molecule has 1 saturated carbocycles. The maximum absolute atomic E-state index is 15.6. The zero-order valence-electron chi connectivity index (χ0n) is 24.7. The molecule has 1 aromatic carbocycles. The first kappa shape index (κ1) is 30.6. The first-order valence-corrected chi connectivity index (χ1v) is 15.3. The zero-order valence-corrected chi connectivity index (χ0v) is 24.7. The number of alkyl halides is 2. The smallest absolute Gasteiger partial charge is 0.276 e. The summed E-state index contributed by atoms with van der Waals surface area (Å²) >= 11 is 0. The van der Waals surface area contributed by atoms with E-state index in [0.29, 0.717) is 73.3 Å². The Balaban J connectivity index is 1.38. The fraction of sp³-hybridized carbons (Fsp3) is 0.471. The molecule has 5 rings (SSSR count). The van der Waals surface area contributed by atoms with E-state index >= 15 is 8.78 Å². The van der Waals surface area contributed by atoms with E-state index in [0.717, 1.165) is 32.2 Å². The lowest BCUT2D eigenvalue weighted by molar-refractivity contribution is -0.0847. The van der Waals surface area contributed by atoms with Crippen LogP contribution in [-0.4, -0.2) is 39.1 Å². The van der Waals surface area contributed by atoms with Crippen LogP contribution in [0.25, 0.3) is 11.0 Å². The summed E-state index contributed by atoms with van der Waals surface area (Å²) in [5.74, 6) is -3.12. The van der Waals surface area contributed by atoms with Gasteiger partial charge in [-0.25, -0.2) is 18.7 Å². The van der Waals surface area contributed by atoms with Gasteiger partial charge in [0.25, 0.3) is 11.5 Å². The van der Waals surface area contributed by atoms with Gasteiger partial charge in [0.1, 0.15) is 17.8 Å². The molecule has 0 bridgehead atoms. The summed E-state index contributed by atoms with van der Waals surface area (Å²) in [5.41, 5.74) is 0.771. The summed E-state index contributed by atoms with van der Waals surface area (Å²) in [5, 5.41) is 13.9. The minimum absolute atomic E-state index is 0.0267. The minimum atomic E-state index is -2.93. The van der Waals surface area contributed by atoms with E-state index in [1.165, 1.54) is 12.4 Å². The lowest BCUT2D eigenvalue weighted by Gasteiger charge is -2.35. The van der Waals surface area contributed by atoms with Crippen LogP contribution in [0.15, 0.2) is 66.8 Å². The van der Waals surface area contributed by atoms with Gasteiger partial charge in [-0.1, -0.05) is 36.8 Å². The standard InChI is InChI=1S/C34H40F2N6O/c1-3-5-6-7-8-17-42-31-28(21-29(32(42)43)33(23-37)14-15-33)30(39-24-40-31)38-22-25-10-9-11-27(20-25)34(35,36)26-12-18-41(16-4-2)19-13-26/h3-4,9-11,20-21,24,26H,1-2,5-8,12-19,22H2,(H,38,39,40). The number of piperidine rings is 1. The molecule has 0 unspecified atom stereocenters. The van der Waals surface area contributed by atoms with Crippen molar-refractivity contribution in [1.82, 2.24) is 19.4 Å². The van der Waals surface area contributed by atoms with Gasteiger partial charge in [0.2, 0.25) is 0 Å². The molecule has 0 amide bonds. The van der Waals surface area contributed by atoms with E-state index in [1.54, 1.807) is 22.8 Å². The van der Waals surface area contributed by atoms with E-state index < -0.39 is 17.3 Å². The molecule has 1 N–H and O–H groups in total. The zero-order chi connectivity index (χ0) is 30.5. The Kier molecular flexibility index (Phi) is 9.36. The topological polar surface area (TPSA) is 86.8 Å². The first-order chi connectivity index (χ1) is 20.8. The van der Waals surface area contributed by atoms with E-state index in [9.17, 15) is 10.1 Å². The Morgan fingerprint density at radius 1 is 1.12 bits per heavy atom. The van der Waals surface area contributed by atoms with Gasteiger partial charge >= 0.3 is 0 Å². The van der Waals surface area contributed by atoms with Crippen molar-refractivity contribution < 1.29 is 8.78 Å². The Morgan fingerprint density at radius 3 is 2.60 bits per heavy atom. The molecule has 3 aromatic rings. The predicted molar refractivity (Wildman–Crippen MR) is 166 cm³/mol. The highest BCUT2D eigenvalue weighted by Crippen LogP contribution is 2.47. The van der Waals surface area contributed by atoms with Gasteiger partial charge in [0.15, 0.2) is 0 Å². The highest BCUT2D eigenvalue weighted by molar-refractivity contribution is 5.87. The number of hydrogen-bond acceptors (Lipinski definition) is 6. The van der Waals surface area contributed by atoms with Crippen LogP contribution in [0, 0.1) is 17.2 Å². The van der Waals surface area contributed by atoms with Crippen molar-refractivity contribution in [2.45, 2.75) is 75.8 Å². The highest BCUT2D eigenvalue weighted by atomic mass is 19.3. The third-order valence-electron chi connectivity index (χ3n) is 8.91. The number of fused-ring (bicyclic) bond motifs is 1. The van der Waals surface area contributed by atoms with Crippen LogP contribution in [0.2, 0.25) is 0 Å². The SMILES string of the molecule is C=CCCCCCn1c(=O)c(C2(C#N)CC2)cc2c(NCc3cccc(C(F)(F)C4CCN(CC=C)CC4)c3)ncnc21. The molecule has 2 fully saturated rings. The van der Waals surface area contributed by atoms with E-state index in [4.69, 9.17) is 0 Å². The van der Waals surface area contributed by atoms with Crippen molar-refractivity contribution in [1.29, 1.82) is 5.26 Å². The number of aromatic nitrogens is 3. The van der Waals surface area contributed by atoms with E-state index in [2.05, 4.69) is 39.4 Å². The highest BCUT2D eigenvalue weighted by Gasteiger charge is 2.47. The monoisotopic (exact) mass is 586 g/mol. The summed E-state index contributed by atoms with van der Waals surface area (Å²) in [6, 6.07) is 10.7. The molecule has 226 valence electrons. The van der Waals surface area contributed by atoms with Gasteiger partial charge in [-0.2, -0.15) is 5.26 Å². The van der Waals surface area contributed by atoms with Gasteiger partial charge in [-0.3, -0.25) is 14.3 Å². The number of nitriles is 1. The third kappa shape index (κ3) is 6.54. The number of nitrogens with zero attached hydrogens (tertiary/aromatic N) is 5. The lowest BCUT2D eigenvalue weighted by atomic mass is 9.86. The summed E-state index contributed by atoms with van der Waals surface area (Å²) in [4.78, 5) is 24.7. The van der Waals surface area contributed by atoms with Crippen molar-refractivity contribution in [3.63, 3.8) is 0 Å². The Morgan fingerprint density at radius 2 is 1.91 bits per heavy atom. The molecule has 1 saturated heterocycles. The molecule has 2 aromatic heterocycles. The average Bonchev–Trinajstić information content (AvgIpc) is 3.82. The van der Waals surface area contributed by atoms with Crippen molar-refractivity contribution in [2.75, 3.05) is 25.0 Å². The van der Waals surface area contributed by atoms with Crippen molar-refractivity contribution in [3.05, 3.63) is 89.0 Å². The Labute approximate surface area is 252 Å². The summed E-state index contributed by atoms with van der Waals surface area (Å²) in [7, 11) is 0. The molecular formula is C34H40F2N6O. The van der Waals surface area contributed by atoms with Gasteiger partial charge in [-0.05, 0) is 75.7 Å². The van der Waals surface area contributed by atoms with Crippen LogP contribution in [0.3, 0.4) is 0 Å². The normalized spacial score (nSPS) is 17.0. The quantitative estimate of drug-likeness (QED) is 0.167. The predicted octanol–water partition coefficient (Wildman–Crippen LogP) is 6.69. The number of likely N-dealkylation sites (tertiary alicyclic amines) is 1. The second-order valence-corrected chi connectivity index (χ2v) is 11.8.